The summed E-state index contributed by atoms with van der Waals surface area (Å²) in [6.07, 6.45) is 0.152. The van der Waals surface area contributed by atoms with Gasteiger partial charge in [0.15, 0.2) is 5.17 Å². The first-order valence-electron chi connectivity index (χ1n) is 12.4. The topological polar surface area (TPSA) is 85.3 Å². The predicted octanol–water partition coefficient (Wildman–Crippen LogP) is 4.63. The molecule has 3 aliphatic rings. The molecule has 1 saturated heterocycles. The molecule has 0 bridgehead atoms. The number of halogens is 1. The molecule has 38 heavy (non-hydrogen) atoms. The second-order valence-electron chi connectivity index (χ2n) is 9.30. The molecule has 8 nitrogen and oxygen atoms in total. The van der Waals surface area contributed by atoms with Gasteiger partial charge >= 0.3 is 0 Å². The summed E-state index contributed by atoms with van der Waals surface area (Å²) in [4.78, 5) is 48.9. The molecule has 10 heteroatoms. The normalized spacial score (nSPS) is 19.1. The van der Waals surface area contributed by atoms with Gasteiger partial charge in [0, 0.05) is 49.5 Å². The third-order valence-corrected chi connectivity index (χ3v) is 8.12. The van der Waals surface area contributed by atoms with E-state index in [0.717, 1.165) is 11.3 Å². The van der Waals surface area contributed by atoms with Crippen LogP contribution in [0, 0.1) is 0 Å². The Bertz CT molecular complexity index is 1370. The van der Waals surface area contributed by atoms with Gasteiger partial charge < -0.3 is 20.0 Å². The van der Waals surface area contributed by atoms with Gasteiger partial charge in [-0.1, -0.05) is 59.8 Å². The van der Waals surface area contributed by atoms with Crippen molar-refractivity contribution in [1.29, 1.82) is 0 Å². The highest BCUT2D eigenvalue weighted by Gasteiger charge is 2.41. The number of aliphatic imine (C=N–C) groups is 1. The number of hydrogen-bond donors (Lipinski definition) is 1. The lowest BCUT2D eigenvalue weighted by molar-refractivity contribution is -0.138. The lowest BCUT2D eigenvalue weighted by Gasteiger charge is -2.38. The molecule has 196 valence electrons. The van der Waals surface area contributed by atoms with Gasteiger partial charge in [0.05, 0.1) is 23.7 Å². The summed E-state index contributed by atoms with van der Waals surface area (Å²) in [6, 6.07) is 16.2. The number of amides is 3. The second-order valence-corrected chi connectivity index (χ2v) is 10.5. The Morgan fingerprint density at radius 3 is 2.34 bits per heavy atom. The minimum absolute atomic E-state index is 0.0206. The van der Waals surface area contributed by atoms with E-state index in [9.17, 15) is 14.4 Å². The number of thioether (sulfide) groups is 1. The fraction of sp³-hybridized carbons (Fsp3) is 0.286. The van der Waals surface area contributed by atoms with Crippen LogP contribution < -0.4 is 5.32 Å². The molecule has 0 aliphatic carbocycles. The van der Waals surface area contributed by atoms with Gasteiger partial charge in [0.2, 0.25) is 11.8 Å². The van der Waals surface area contributed by atoms with Gasteiger partial charge in [-0.2, -0.15) is 0 Å². The largest absolute Gasteiger partial charge is 0.339 e. The van der Waals surface area contributed by atoms with E-state index in [2.05, 4.69) is 5.32 Å². The number of carbonyl (C=O) groups excluding carboxylic acids is 3. The molecular formula is C28H28ClN5O3S. The summed E-state index contributed by atoms with van der Waals surface area (Å²) in [6.45, 7) is 5.42. The third kappa shape index (κ3) is 5.21. The maximum Gasteiger partial charge on any atom is 0.255 e. The predicted molar refractivity (Wildman–Crippen MR) is 150 cm³/mol. The van der Waals surface area contributed by atoms with Crippen LogP contribution in [0.2, 0.25) is 5.02 Å². The van der Waals surface area contributed by atoms with Crippen molar-refractivity contribution in [3.63, 3.8) is 0 Å². The van der Waals surface area contributed by atoms with E-state index in [-0.39, 0.29) is 24.1 Å². The first kappa shape index (κ1) is 26.1. The van der Waals surface area contributed by atoms with E-state index in [4.69, 9.17) is 16.6 Å². The van der Waals surface area contributed by atoms with E-state index in [1.807, 2.05) is 65.8 Å². The first-order valence-corrected chi connectivity index (χ1v) is 13.7. The highest BCUT2D eigenvalue weighted by Crippen LogP contribution is 2.46. The minimum Gasteiger partial charge on any atom is -0.339 e. The van der Waals surface area contributed by atoms with E-state index in [1.165, 1.54) is 11.8 Å². The van der Waals surface area contributed by atoms with Crippen molar-refractivity contribution >= 4 is 51.9 Å². The van der Waals surface area contributed by atoms with Crippen LogP contribution in [0.3, 0.4) is 0 Å². The van der Waals surface area contributed by atoms with Gasteiger partial charge in [0.25, 0.3) is 5.91 Å². The number of anilines is 1. The van der Waals surface area contributed by atoms with E-state index >= 15 is 0 Å². The number of carbonyl (C=O) groups is 3. The van der Waals surface area contributed by atoms with Crippen molar-refractivity contribution in [2.75, 3.05) is 31.5 Å². The van der Waals surface area contributed by atoms with Gasteiger partial charge in [-0.15, -0.1) is 0 Å². The second kappa shape index (κ2) is 11.0. The summed E-state index contributed by atoms with van der Waals surface area (Å²) in [5.74, 6) is -0.280. The number of hydrogen-bond acceptors (Lipinski definition) is 6. The number of allylic oxidation sites excluding steroid dienone is 1. The first-order chi connectivity index (χ1) is 18.3. The van der Waals surface area contributed by atoms with Crippen molar-refractivity contribution in [3.8, 4) is 0 Å². The van der Waals surface area contributed by atoms with Crippen LogP contribution in [0.25, 0.3) is 0 Å². The van der Waals surface area contributed by atoms with Crippen LogP contribution in [0.1, 0.15) is 31.9 Å². The number of piperazine rings is 1. The highest BCUT2D eigenvalue weighted by atomic mass is 35.5. The zero-order chi connectivity index (χ0) is 26.8. The van der Waals surface area contributed by atoms with Gasteiger partial charge in [-0.3, -0.25) is 14.4 Å². The number of para-hydroxylation sites is 1. The Labute approximate surface area is 231 Å². The molecule has 1 atom stereocenters. The molecule has 2 aromatic carbocycles. The standard InChI is InChI=1S/C28H28ClN5O3S/c1-18-25(27(37)31-20-8-4-3-5-9-20)26(22-10-6-7-11-23(22)29)34-21(17-38-28(34)30-18)16-24(36)33-14-12-32(13-15-33)19(2)35/h3-11,17,26H,12-16H2,1-2H3,(H,31,37)/t26-/m1/s1. The van der Waals surface area contributed by atoms with Crippen molar-refractivity contribution in [2.45, 2.75) is 26.3 Å². The van der Waals surface area contributed by atoms with E-state index < -0.39 is 6.04 Å². The summed E-state index contributed by atoms with van der Waals surface area (Å²) in [7, 11) is 0. The van der Waals surface area contributed by atoms with E-state index in [0.29, 0.717) is 53.3 Å². The summed E-state index contributed by atoms with van der Waals surface area (Å²) in [5.41, 5.74) is 3.27. The Kier molecular flexibility index (Phi) is 7.58. The zero-order valence-corrected chi connectivity index (χ0v) is 22.8. The number of rotatable bonds is 5. The molecule has 0 radical (unpaired) electrons. The van der Waals surface area contributed by atoms with Crippen molar-refractivity contribution < 1.29 is 14.4 Å². The maximum atomic E-state index is 13.7. The van der Waals surface area contributed by atoms with Crippen molar-refractivity contribution in [1.82, 2.24) is 14.7 Å². The third-order valence-electron chi connectivity index (χ3n) is 6.89. The summed E-state index contributed by atoms with van der Waals surface area (Å²) < 4.78 is 0. The molecule has 5 rings (SSSR count). The Hall–Kier alpha value is -3.56. The highest BCUT2D eigenvalue weighted by molar-refractivity contribution is 8.16. The van der Waals surface area contributed by atoms with Gasteiger partial charge in [-0.25, -0.2) is 4.99 Å². The molecule has 1 fully saturated rings. The Morgan fingerprint density at radius 2 is 1.66 bits per heavy atom. The van der Waals surface area contributed by atoms with Crippen LogP contribution in [-0.2, 0) is 14.4 Å². The van der Waals surface area contributed by atoms with Crippen LogP contribution in [0.5, 0.6) is 0 Å². The summed E-state index contributed by atoms with van der Waals surface area (Å²) >= 11 is 8.12. The number of benzene rings is 2. The summed E-state index contributed by atoms with van der Waals surface area (Å²) in [5, 5.41) is 6.15. The monoisotopic (exact) mass is 549 g/mol. The van der Waals surface area contributed by atoms with Crippen LogP contribution in [0.15, 0.2) is 82.0 Å². The maximum absolute atomic E-state index is 13.7. The molecule has 0 spiro atoms. The van der Waals surface area contributed by atoms with Crippen LogP contribution in [0.4, 0.5) is 5.69 Å². The molecular weight excluding hydrogens is 522 g/mol. The molecule has 3 amide bonds. The van der Waals surface area contributed by atoms with Crippen molar-refractivity contribution in [2.24, 2.45) is 4.99 Å². The molecule has 0 aromatic heterocycles. The molecule has 1 N–H and O–H groups in total. The van der Waals surface area contributed by atoms with E-state index in [1.54, 1.807) is 22.8 Å². The molecule has 3 heterocycles. The molecule has 0 unspecified atom stereocenters. The smallest absolute Gasteiger partial charge is 0.255 e. The minimum atomic E-state index is -0.552. The molecule has 3 aliphatic heterocycles. The zero-order valence-electron chi connectivity index (χ0n) is 21.2. The molecule has 0 saturated carbocycles. The lowest BCUT2D eigenvalue weighted by atomic mass is 9.93. The number of nitrogens with zero attached hydrogens (tertiary/aromatic N) is 4. The molecule has 2 aromatic rings. The average Bonchev–Trinajstić information content (AvgIpc) is 3.30. The number of fused-ring (bicyclic) bond motifs is 1. The van der Waals surface area contributed by atoms with Crippen LogP contribution in [-0.4, -0.2) is 63.8 Å². The Balaban J connectivity index is 1.44. The average molecular weight is 550 g/mol. The van der Waals surface area contributed by atoms with Crippen molar-refractivity contribution in [3.05, 3.63) is 87.6 Å². The van der Waals surface area contributed by atoms with Gasteiger partial charge in [0.1, 0.15) is 0 Å². The van der Waals surface area contributed by atoms with Gasteiger partial charge in [-0.05, 0) is 36.1 Å². The number of nitrogens with one attached hydrogen (secondary N) is 1. The van der Waals surface area contributed by atoms with Crippen LogP contribution >= 0.6 is 23.4 Å². The fourth-order valence-corrected chi connectivity index (χ4v) is 6.11. The fourth-order valence-electron chi connectivity index (χ4n) is 4.91. The lowest BCUT2D eigenvalue weighted by Crippen LogP contribution is -2.50. The quantitative estimate of drug-likeness (QED) is 0.587. The number of amidine groups is 1. The SMILES string of the molecule is CC(=O)N1CCN(C(=O)CC2=CSC3=NC(C)=C(C(=O)Nc4ccccc4)[C@@H](c4ccccc4Cl)N23)CC1. The Morgan fingerprint density at radius 1 is 1.00 bits per heavy atom.